The lowest BCUT2D eigenvalue weighted by Gasteiger charge is -2.38. The molecule has 3 unspecified atom stereocenters. The maximum Gasteiger partial charge on any atom is 0.0896 e. The van der Waals surface area contributed by atoms with E-state index in [1.165, 1.54) is 12.8 Å². The normalized spacial score (nSPS) is 29.7. The Morgan fingerprint density at radius 1 is 1.19 bits per heavy atom. The van der Waals surface area contributed by atoms with E-state index in [2.05, 4.69) is 6.92 Å². The molecular weight excluding hydrogens is 196 g/mol. The minimum Gasteiger partial charge on any atom is -0.385 e. The third kappa shape index (κ3) is 2.30. The molecule has 1 aromatic rings. The Balaban J connectivity index is 2.18. The van der Waals surface area contributed by atoms with Crippen molar-refractivity contribution in [3.63, 3.8) is 0 Å². The molecule has 1 aliphatic rings. The fourth-order valence-corrected chi connectivity index (χ4v) is 2.96. The number of hydrogen-bond acceptors (Lipinski definition) is 1. The second kappa shape index (κ2) is 4.58. The first-order valence-electron chi connectivity index (χ1n) is 6.38. The Morgan fingerprint density at radius 2 is 1.88 bits per heavy atom. The lowest BCUT2D eigenvalue weighted by molar-refractivity contribution is -0.0294. The molecule has 1 heteroatoms. The van der Waals surface area contributed by atoms with Gasteiger partial charge in [0, 0.05) is 0 Å². The van der Waals surface area contributed by atoms with Crippen molar-refractivity contribution in [3.8, 4) is 0 Å². The van der Waals surface area contributed by atoms with Gasteiger partial charge in [-0.15, -0.1) is 0 Å². The highest BCUT2D eigenvalue weighted by Crippen LogP contribution is 2.40. The summed E-state index contributed by atoms with van der Waals surface area (Å²) in [5.41, 5.74) is 0.407. The van der Waals surface area contributed by atoms with E-state index < -0.39 is 5.60 Å². The minimum absolute atomic E-state index is 0.415. The Labute approximate surface area is 98.5 Å². The summed E-state index contributed by atoms with van der Waals surface area (Å²) < 4.78 is 0. The van der Waals surface area contributed by atoms with E-state index in [4.69, 9.17) is 0 Å². The molecule has 0 radical (unpaired) electrons. The maximum absolute atomic E-state index is 10.7. The highest BCUT2D eigenvalue weighted by Gasteiger charge is 2.35. The second-order valence-corrected chi connectivity index (χ2v) is 5.48. The van der Waals surface area contributed by atoms with Crippen molar-refractivity contribution in [2.24, 2.45) is 11.8 Å². The SMILES string of the molecule is CC1CCCC(C(C)(O)c2ccccc2)C1. The molecule has 1 N–H and O–H groups in total. The molecule has 3 atom stereocenters. The van der Waals surface area contributed by atoms with Gasteiger partial charge in [-0.3, -0.25) is 0 Å². The van der Waals surface area contributed by atoms with Crippen LogP contribution < -0.4 is 0 Å². The third-order valence-electron chi connectivity index (χ3n) is 4.09. The zero-order chi connectivity index (χ0) is 11.6. The first-order valence-corrected chi connectivity index (χ1v) is 6.38. The number of benzene rings is 1. The summed E-state index contributed by atoms with van der Waals surface area (Å²) in [6, 6.07) is 10.1. The predicted octanol–water partition coefficient (Wildman–Crippen LogP) is 3.72. The van der Waals surface area contributed by atoms with Crippen LogP contribution in [0, 0.1) is 11.8 Å². The van der Waals surface area contributed by atoms with Crippen LogP contribution in [-0.2, 0) is 5.60 Å². The third-order valence-corrected chi connectivity index (χ3v) is 4.09. The van der Waals surface area contributed by atoms with Gasteiger partial charge < -0.3 is 5.11 Å². The lowest BCUT2D eigenvalue weighted by Crippen LogP contribution is -2.34. The molecule has 0 amide bonds. The van der Waals surface area contributed by atoms with Crippen LogP contribution >= 0.6 is 0 Å². The van der Waals surface area contributed by atoms with Crippen molar-refractivity contribution < 1.29 is 5.11 Å². The highest BCUT2D eigenvalue weighted by molar-refractivity contribution is 5.22. The zero-order valence-corrected chi connectivity index (χ0v) is 10.3. The minimum atomic E-state index is -0.657. The van der Waals surface area contributed by atoms with Crippen molar-refractivity contribution in [1.82, 2.24) is 0 Å². The van der Waals surface area contributed by atoms with Crippen LogP contribution in [-0.4, -0.2) is 5.11 Å². The Kier molecular flexibility index (Phi) is 3.34. The topological polar surface area (TPSA) is 20.2 Å². The average molecular weight is 218 g/mol. The van der Waals surface area contributed by atoms with Gasteiger partial charge in [0.1, 0.15) is 0 Å². The van der Waals surface area contributed by atoms with Gasteiger partial charge in [-0.2, -0.15) is 0 Å². The van der Waals surface area contributed by atoms with Gasteiger partial charge in [-0.1, -0.05) is 50.1 Å². The van der Waals surface area contributed by atoms with E-state index in [1.807, 2.05) is 37.3 Å². The van der Waals surface area contributed by atoms with Crippen LogP contribution in [0.4, 0.5) is 0 Å². The van der Waals surface area contributed by atoms with Crippen LogP contribution in [0.1, 0.15) is 45.1 Å². The van der Waals surface area contributed by atoms with Gasteiger partial charge >= 0.3 is 0 Å². The molecule has 88 valence electrons. The molecular formula is C15H22O. The van der Waals surface area contributed by atoms with Gasteiger partial charge in [-0.05, 0) is 37.2 Å². The van der Waals surface area contributed by atoms with Crippen molar-refractivity contribution in [1.29, 1.82) is 0 Å². The Bertz CT molecular complexity index is 329. The molecule has 0 bridgehead atoms. The lowest BCUT2D eigenvalue weighted by atomic mass is 9.71. The van der Waals surface area contributed by atoms with Crippen LogP contribution in [0.15, 0.2) is 30.3 Å². The predicted molar refractivity (Wildman–Crippen MR) is 67.1 cm³/mol. The molecule has 0 aliphatic heterocycles. The molecule has 1 saturated carbocycles. The summed E-state index contributed by atoms with van der Waals surface area (Å²) in [5.74, 6) is 1.17. The Morgan fingerprint density at radius 3 is 2.50 bits per heavy atom. The first-order chi connectivity index (χ1) is 7.60. The summed E-state index contributed by atoms with van der Waals surface area (Å²) in [6.07, 6.45) is 4.89. The van der Waals surface area contributed by atoms with Gasteiger partial charge in [-0.25, -0.2) is 0 Å². The monoisotopic (exact) mass is 218 g/mol. The molecule has 1 aliphatic carbocycles. The summed E-state index contributed by atoms with van der Waals surface area (Å²) >= 11 is 0. The van der Waals surface area contributed by atoms with Crippen LogP contribution in [0.25, 0.3) is 0 Å². The van der Waals surface area contributed by atoms with E-state index in [9.17, 15) is 5.11 Å². The van der Waals surface area contributed by atoms with Crippen LogP contribution in [0.2, 0.25) is 0 Å². The van der Waals surface area contributed by atoms with Crippen LogP contribution in [0.3, 0.4) is 0 Å². The van der Waals surface area contributed by atoms with Gasteiger partial charge in [0.15, 0.2) is 0 Å². The molecule has 1 nitrogen and oxygen atoms in total. The molecule has 0 saturated heterocycles. The fraction of sp³-hybridized carbons (Fsp3) is 0.600. The molecule has 16 heavy (non-hydrogen) atoms. The fourth-order valence-electron chi connectivity index (χ4n) is 2.96. The smallest absolute Gasteiger partial charge is 0.0896 e. The number of rotatable bonds is 2. The molecule has 0 aromatic heterocycles. The van der Waals surface area contributed by atoms with E-state index in [1.54, 1.807) is 0 Å². The van der Waals surface area contributed by atoms with Crippen molar-refractivity contribution in [2.45, 2.75) is 45.1 Å². The van der Waals surface area contributed by atoms with E-state index in [0.29, 0.717) is 5.92 Å². The van der Waals surface area contributed by atoms with Crippen molar-refractivity contribution in [2.75, 3.05) is 0 Å². The largest absolute Gasteiger partial charge is 0.385 e. The molecule has 1 fully saturated rings. The van der Waals surface area contributed by atoms with Crippen molar-refractivity contribution in [3.05, 3.63) is 35.9 Å². The number of aliphatic hydroxyl groups is 1. The summed E-state index contributed by atoms with van der Waals surface area (Å²) in [7, 11) is 0. The summed E-state index contributed by atoms with van der Waals surface area (Å²) in [4.78, 5) is 0. The standard InChI is InChI=1S/C15H22O/c1-12-7-6-10-14(11-12)15(2,16)13-8-4-3-5-9-13/h3-5,8-9,12,14,16H,6-7,10-11H2,1-2H3. The molecule has 0 heterocycles. The van der Waals surface area contributed by atoms with E-state index >= 15 is 0 Å². The molecule has 1 aromatic carbocycles. The quantitative estimate of drug-likeness (QED) is 0.802. The van der Waals surface area contributed by atoms with Gasteiger partial charge in [0.2, 0.25) is 0 Å². The van der Waals surface area contributed by atoms with Crippen molar-refractivity contribution >= 4 is 0 Å². The van der Waals surface area contributed by atoms with E-state index in [-0.39, 0.29) is 0 Å². The zero-order valence-electron chi connectivity index (χ0n) is 10.3. The average Bonchev–Trinajstić information content (AvgIpc) is 2.30. The Hall–Kier alpha value is -0.820. The molecule has 2 rings (SSSR count). The van der Waals surface area contributed by atoms with E-state index in [0.717, 1.165) is 24.3 Å². The second-order valence-electron chi connectivity index (χ2n) is 5.48. The van der Waals surface area contributed by atoms with Gasteiger partial charge in [0.25, 0.3) is 0 Å². The summed E-state index contributed by atoms with van der Waals surface area (Å²) in [5, 5.41) is 10.7. The number of hydrogen-bond donors (Lipinski definition) is 1. The first kappa shape index (κ1) is 11.7. The maximum atomic E-state index is 10.7. The molecule has 0 spiro atoms. The van der Waals surface area contributed by atoms with Gasteiger partial charge in [0.05, 0.1) is 5.60 Å². The highest BCUT2D eigenvalue weighted by atomic mass is 16.3. The van der Waals surface area contributed by atoms with Crippen LogP contribution in [0.5, 0.6) is 0 Å². The summed E-state index contributed by atoms with van der Waals surface area (Å²) in [6.45, 7) is 4.28.